The molecular formula is C29H34N2O7. The van der Waals surface area contributed by atoms with Gasteiger partial charge >= 0.3 is 18.2 Å². The number of para-hydroxylation sites is 1. The van der Waals surface area contributed by atoms with E-state index in [0.717, 1.165) is 10.9 Å². The Hall–Kier alpha value is -4.14. The largest absolute Gasteiger partial charge is 0.469 e. The highest BCUT2D eigenvalue weighted by Gasteiger charge is 2.29. The molecule has 1 amide bonds. The number of methoxy groups -OCH3 is 1. The Morgan fingerprint density at radius 1 is 0.974 bits per heavy atom. The van der Waals surface area contributed by atoms with Crippen molar-refractivity contribution in [2.24, 2.45) is 5.92 Å². The van der Waals surface area contributed by atoms with Crippen LogP contribution in [0.2, 0.25) is 0 Å². The van der Waals surface area contributed by atoms with Gasteiger partial charge in [-0.05, 0) is 51.3 Å². The van der Waals surface area contributed by atoms with Crippen molar-refractivity contribution >= 4 is 34.8 Å². The van der Waals surface area contributed by atoms with E-state index in [4.69, 9.17) is 14.2 Å². The van der Waals surface area contributed by atoms with Crippen LogP contribution in [0.1, 0.15) is 45.2 Å². The molecule has 202 valence electrons. The summed E-state index contributed by atoms with van der Waals surface area (Å²) in [5.74, 6) is -1.74. The van der Waals surface area contributed by atoms with Gasteiger partial charge in [-0.1, -0.05) is 48.5 Å². The van der Waals surface area contributed by atoms with E-state index in [-0.39, 0.29) is 25.2 Å². The molecule has 1 aromatic heterocycles. The first-order valence-corrected chi connectivity index (χ1v) is 12.4. The molecule has 2 atom stereocenters. The van der Waals surface area contributed by atoms with Crippen molar-refractivity contribution in [1.82, 2.24) is 9.88 Å². The fourth-order valence-electron chi connectivity index (χ4n) is 3.99. The van der Waals surface area contributed by atoms with Gasteiger partial charge < -0.3 is 19.5 Å². The second-order valence-corrected chi connectivity index (χ2v) is 10.0. The normalized spacial score (nSPS) is 12.9. The molecule has 3 rings (SSSR count). The number of nitrogens with zero attached hydrogens (tertiary/aromatic N) is 1. The Morgan fingerprint density at radius 2 is 1.63 bits per heavy atom. The number of carbonyl (C=O) groups excluding carboxylic acids is 4. The van der Waals surface area contributed by atoms with E-state index < -0.39 is 35.7 Å². The van der Waals surface area contributed by atoms with Crippen molar-refractivity contribution in [2.75, 3.05) is 7.11 Å². The van der Waals surface area contributed by atoms with Gasteiger partial charge in [0.2, 0.25) is 0 Å². The van der Waals surface area contributed by atoms with Gasteiger partial charge in [-0.2, -0.15) is 0 Å². The van der Waals surface area contributed by atoms with Crippen LogP contribution in [-0.4, -0.2) is 47.3 Å². The molecule has 0 aliphatic rings. The van der Waals surface area contributed by atoms with Crippen LogP contribution in [0.15, 0.2) is 60.8 Å². The lowest BCUT2D eigenvalue weighted by Crippen LogP contribution is -2.40. The number of nitrogens with one attached hydrogen (secondary N) is 1. The van der Waals surface area contributed by atoms with Gasteiger partial charge in [-0.25, -0.2) is 9.59 Å². The molecular weight excluding hydrogens is 488 g/mol. The number of alkyl carbamates (subject to hydrolysis) is 1. The maximum absolute atomic E-state index is 13.0. The zero-order valence-electron chi connectivity index (χ0n) is 22.4. The van der Waals surface area contributed by atoms with E-state index in [1.165, 1.54) is 18.6 Å². The zero-order valence-corrected chi connectivity index (χ0v) is 22.4. The summed E-state index contributed by atoms with van der Waals surface area (Å²) in [5.41, 5.74) is 1.45. The van der Waals surface area contributed by atoms with Crippen LogP contribution in [-0.2, 0) is 36.8 Å². The summed E-state index contributed by atoms with van der Waals surface area (Å²) in [6, 6.07) is 15.6. The molecule has 0 saturated heterocycles. The minimum Gasteiger partial charge on any atom is -0.469 e. The van der Waals surface area contributed by atoms with Gasteiger partial charge in [-0.15, -0.1) is 0 Å². The van der Waals surface area contributed by atoms with Crippen LogP contribution >= 0.6 is 0 Å². The lowest BCUT2D eigenvalue weighted by atomic mass is 9.92. The number of fused-ring (bicyclic) bond motifs is 1. The lowest BCUT2D eigenvalue weighted by Gasteiger charge is -2.19. The smallest absolute Gasteiger partial charge is 0.419 e. The number of hydrogen-bond acceptors (Lipinski definition) is 7. The quantitative estimate of drug-likeness (QED) is 0.310. The topological polar surface area (TPSA) is 113 Å². The molecule has 0 unspecified atom stereocenters. The van der Waals surface area contributed by atoms with Crippen molar-refractivity contribution in [3.63, 3.8) is 0 Å². The van der Waals surface area contributed by atoms with Gasteiger partial charge in [0, 0.05) is 18.0 Å². The third kappa shape index (κ3) is 7.68. The van der Waals surface area contributed by atoms with E-state index >= 15 is 0 Å². The Labute approximate surface area is 222 Å². The number of esters is 1. The van der Waals surface area contributed by atoms with Crippen LogP contribution in [0, 0.1) is 5.92 Å². The fourth-order valence-corrected chi connectivity index (χ4v) is 3.99. The summed E-state index contributed by atoms with van der Waals surface area (Å²) in [4.78, 5) is 50.6. The molecule has 2 aromatic carbocycles. The van der Waals surface area contributed by atoms with E-state index in [0.29, 0.717) is 11.1 Å². The standard InChI is InChI=1S/C29H34N2O7/c1-19(30-27(34)37-18-20-11-7-6-8-12-20)25(32)16-21(26(33)36-5)15-22-17-31(28(35)38-29(2,3)4)24-14-10-9-13-23(22)24/h6-14,17,19,21H,15-16,18H2,1-5H3,(H,30,34)/t19-,21-/m1/s1. The zero-order chi connectivity index (χ0) is 27.9. The predicted molar refractivity (Wildman–Crippen MR) is 142 cm³/mol. The fraction of sp³-hybridized carbons (Fsp3) is 0.379. The number of carbonyl (C=O) groups is 4. The van der Waals surface area contributed by atoms with Crippen molar-refractivity contribution < 1.29 is 33.4 Å². The second-order valence-electron chi connectivity index (χ2n) is 10.0. The van der Waals surface area contributed by atoms with E-state index in [9.17, 15) is 19.2 Å². The molecule has 0 saturated carbocycles. The summed E-state index contributed by atoms with van der Waals surface area (Å²) >= 11 is 0. The third-order valence-corrected chi connectivity index (χ3v) is 5.86. The molecule has 0 spiro atoms. The SMILES string of the molecule is COC(=O)[C@@H](CC(=O)[C@@H](C)NC(=O)OCc1ccccc1)Cc1cn(C(=O)OC(C)(C)C)c2ccccc12. The van der Waals surface area contributed by atoms with Crippen LogP contribution in [0.4, 0.5) is 9.59 Å². The first-order valence-electron chi connectivity index (χ1n) is 12.4. The van der Waals surface area contributed by atoms with Crippen molar-refractivity contribution in [3.05, 3.63) is 71.9 Å². The van der Waals surface area contributed by atoms with Gasteiger partial charge in [0.05, 0.1) is 24.6 Å². The number of aromatic nitrogens is 1. The van der Waals surface area contributed by atoms with Gasteiger partial charge in [-0.3, -0.25) is 14.2 Å². The first kappa shape index (κ1) is 28.4. The Kier molecular flexibility index (Phi) is 9.28. The number of Topliss-reactive ketones (excluding diaryl/α,β-unsaturated/α-hetero) is 1. The van der Waals surface area contributed by atoms with E-state index in [1.54, 1.807) is 39.1 Å². The molecule has 9 nitrogen and oxygen atoms in total. The first-order chi connectivity index (χ1) is 18.0. The molecule has 1 heterocycles. The number of hydrogen-bond donors (Lipinski definition) is 1. The van der Waals surface area contributed by atoms with Crippen LogP contribution in [0.5, 0.6) is 0 Å². The molecule has 0 aliphatic carbocycles. The number of rotatable bonds is 9. The van der Waals surface area contributed by atoms with Crippen LogP contribution < -0.4 is 5.32 Å². The van der Waals surface area contributed by atoms with Crippen molar-refractivity contribution in [1.29, 1.82) is 0 Å². The number of amides is 1. The van der Waals surface area contributed by atoms with Crippen LogP contribution in [0.3, 0.4) is 0 Å². The number of ketones is 1. The predicted octanol–water partition coefficient (Wildman–Crippen LogP) is 5.03. The maximum atomic E-state index is 13.0. The maximum Gasteiger partial charge on any atom is 0.419 e. The van der Waals surface area contributed by atoms with Crippen molar-refractivity contribution in [3.8, 4) is 0 Å². The summed E-state index contributed by atoms with van der Waals surface area (Å²) in [7, 11) is 1.26. The molecule has 0 aliphatic heterocycles. The minimum absolute atomic E-state index is 0.0695. The average Bonchev–Trinajstić information content (AvgIpc) is 3.24. The molecule has 38 heavy (non-hydrogen) atoms. The summed E-state index contributed by atoms with van der Waals surface area (Å²) in [6.45, 7) is 6.95. The van der Waals surface area contributed by atoms with E-state index in [1.807, 2.05) is 42.5 Å². The summed E-state index contributed by atoms with van der Waals surface area (Å²) in [5, 5.41) is 3.28. The highest BCUT2D eigenvalue weighted by molar-refractivity contribution is 5.93. The molecule has 1 N–H and O–H groups in total. The van der Waals surface area contributed by atoms with Crippen LogP contribution in [0.25, 0.3) is 10.9 Å². The molecule has 0 bridgehead atoms. The number of benzene rings is 2. The molecule has 9 heteroatoms. The highest BCUT2D eigenvalue weighted by atomic mass is 16.6. The third-order valence-electron chi connectivity index (χ3n) is 5.86. The number of ether oxygens (including phenoxy) is 3. The van der Waals surface area contributed by atoms with E-state index in [2.05, 4.69) is 5.32 Å². The van der Waals surface area contributed by atoms with Gasteiger partial charge in [0.1, 0.15) is 12.2 Å². The Balaban J connectivity index is 1.71. The lowest BCUT2D eigenvalue weighted by molar-refractivity contribution is -0.147. The minimum atomic E-state index is -0.881. The molecule has 0 radical (unpaired) electrons. The highest BCUT2D eigenvalue weighted by Crippen LogP contribution is 2.26. The van der Waals surface area contributed by atoms with Gasteiger partial charge in [0.25, 0.3) is 0 Å². The van der Waals surface area contributed by atoms with Gasteiger partial charge in [0.15, 0.2) is 5.78 Å². The average molecular weight is 523 g/mol. The molecule has 0 fully saturated rings. The Morgan fingerprint density at radius 3 is 2.29 bits per heavy atom. The molecule has 3 aromatic rings. The monoisotopic (exact) mass is 522 g/mol. The Bertz CT molecular complexity index is 1290. The summed E-state index contributed by atoms with van der Waals surface area (Å²) < 4.78 is 17.1. The second kappa shape index (κ2) is 12.4. The van der Waals surface area contributed by atoms with Crippen molar-refractivity contribution in [2.45, 2.75) is 58.8 Å². The summed E-state index contributed by atoms with van der Waals surface area (Å²) in [6.07, 6.45) is 0.336.